The van der Waals surface area contributed by atoms with Crippen LogP contribution in [-0.2, 0) is 6.42 Å². The van der Waals surface area contributed by atoms with Crippen LogP contribution in [0.4, 0.5) is 5.69 Å². The first-order valence-corrected chi connectivity index (χ1v) is 16.2. The van der Waals surface area contributed by atoms with Crippen molar-refractivity contribution in [3.63, 3.8) is 0 Å². The van der Waals surface area contributed by atoms with Crippen molar-refractivity contribution in [1.82, 2.24) is 0 Å². The Hall–Kier alpha value is -6.02. The maximum atomic E-state index is 6.64. The smallest absolute Gasteiger partial charge is 0.163 e. The molecule has 0 saturated carbocycles. The van der Waals surface area contributed by atoms with Crippen molar-refractivity contribution in [3.8, 4) is 11.1 Å². The third-order valence-electron chi connectivity index (χ3n) is 9.92. The summed E-state index contributed by atoms with van der Waals surface area (Å²) in [7, 11) is 0. The Morgan fingerprint density at radius 2 is 1.38 bits per heavy atom. The Balaban J connectivity index is 1.15. The Labute approximate surface area is 272 Å². The summed E-state index contributed by atoms with van der Waals surface area (Å²) in [6.07, 6.45) is 14.4. The molecule has 0 fully saturated rings. The fourth-order valence-electron chi connectivity index (χ4n) is 7.79. The Kier molecular flexibility index (Phi) is 5.72. The van der Waals surface area contributed by atoms with E-state index >= 15 is 0 Å². The van der Waals surface area contributed by atoms with Gasteiger partial charge in [-0.1, -0.05) is 115 Å². The van der Waals surface area contributed by atoms with Crippen LogP contribution >= 0.6 is 0 Å². The maximum Gasteiger partial charge on any atom is 0.163 e. The summed E-state index contributed by atoms with van der Waals surface area (Å²) in [5, 5.41) is 3.53. The molecule has 47 heavy (non-hydrogen) atoms. The molecule has 3 aliphatic carbocycles. The van der Waals surface area contributed by atoms with Crippen LogP contribution in [-0.4, -0.2) is 0 Å². The third-order valence-corrected chi connectivity index (χ3v) is 9.92. The van der Waals surface area contributed by atoms with Crippen LogP contribution in [0.15, 0.2) is 166 Å². The average molecular weight is 604 g/mol. The fraction of sp³-hybridized carbons (Fsp3) is 0.0682. The predicted octanol–water partition coefficient (Wildman–Crippen LogP) is 11.4. The van der Waals surface area contributed by atoms with Gasteiger partial charge in [0.2, 0.25) is 0 Å². The Bertz CT molecular complexity index is 2530. The van der Waals surface area contributed by atoms with Crippen molar-refractivity contribution in [2.24, 2.45) is 5.92 Å². The zero-order chi connectivity index (χ0) is 30.9. The van der Waals surface area contributed by atoms with Crippen LogP contribution in [0.25, 0.3) is 55.8 Å². The number of fused-ring (bicyclic) bond motifs is 10. The van der Waals surface area contributed by atoms with E-state index in [1.54, 1.807) is 0 Å². The van der Waals surface area contributed by atoms with Crippen LogP contribution < -0.4 is 4.90 Å². The minimum absolute atomic E-state index is 0.0876. The second-order valence-electron chi connectivity index (χ2n) is 12.5. The van der Waals surface area contributed by atoms with Gasteiger partial charge in [-0.25, -0.2) is 0 Å². The van der Waals surface area contributed by atoms with Crippen LogP contribution in [0.5, 0.6) is 0 Å². The first-order chi connectivity index (χ1) is 23.3. The van der Waals surface area contributed by atoms with E-state index in [4.69, 9.17) is 8.83 Å². The quantitative estimate of drug-likeness (QED) is 0.187. The van der Waals surface area contributed by atoms with Crippen LogP contribution in [0, 0.1) is 5.92 Å². The molecule has 2 heterocycles. The van der Waals surface area contributed by atoms with E-state index in [0.29, 0.717) is 0 Å². The molecule has 0 radical (unpaired) electrons. The van der Waals surface area contributed by atoms with Crippen molar-refractivity contribution in [1.29, 1.82) is 0 Å². The summed E-state index contributed by atoms with van der Waals surface area (Å²) < 4.78 is 13.0. The highest BCUT2D eigenvalue weighted by Gasteiger charge is 2.37. The average Bonchev–Trinajstić information content (AvgIpc) is 3.71. The van der Waals surface area contributed by atoms with Crippen molar-refractivity contribution in [2.45, 2.75) is 12.3 Å². The zero-order valence-corrected chi connectivity index (χ0v) is 25.6. The van der Waals surface area contributed by atoms with Gasteiger partial charge in [-0.05, 0) is 64.7 Å². The minimum atomic E-state index is 0.0876. The number of rotatable bonds is 4. The van der Waals surface area contributed by atoms with Gasteiger partial charge < -0.3 is 13.7 Å². The van der Waals surface area contributed by atoms with Gasteiger partial charge >= 0.3 is 0 Å². The summed E-state index contributed by atoms with van der Waals surface area (Å²) in [6.45, 7) is 0. The predicted molar refractivity (Wildman–Crippen MR) is 192 cm³/mol. The topological polar surface area (TPSA) is 29.5 Å². The molecule has 0 N–H and O–H groups in total. The molecule has 5 aromatic carbocycles. The lowest BCUT2D eigenvalue weighted by Gasteiger charge is -2.38. The van der Waals surface area contributed by atoms with Gasteiger partial charge in [0.05, 0.1) is 0 Å². The van der Waals surface area contributed by atoms with E-state index < -0.39 is 0 Å². The molecule has 7 aromatic rings. The van der Waals surface area contributed by atoms with Crippen molar-refractivity contribution >= 4 is 50.4 Å². The molecule has 0 spiro atoms. The van der Waals surface area contributed by atoms with Gasteiger partial charge in [-0.2, -0.15) is 0 Å². The highest BCUT2D eigenvalue weighted by molar-refractivity contribution is 6.08. The van der Waals surface area contributed by atoms with Crippen LogP contribution in [0.3, 0.4) is 0 Å². The van der Waals surface area contributed by atoms with Gasteiger partial charge in [0.25, 0.3) is 0 Å². The van der Waals surface area contributed by atoms with E-state index in [2.05, 4.69) is 150 Å². The molecule has 2 atom stereocenters. The van der Waals surface area contributed by atoms with E-state index in [0.717, 1.165) is 51.1 Å². The molecule has 0 bridgehead atoms. The normalized spacial score (nSPS) is 17.8. The van der Waals surface area contributed by atoms with Gasteiger partial charge in [0, 0.05) is 51.4 Å². The summed E-state index contributed by atoms with van der Waals surface area (Å²) in [6, 6.07) is 40.5. The number of para-hydroxylation sites is 2. The highest BCUT2D eigenvalue weighted by atomic mass is 16.3. The minimum Gasteiger partial charge on any atom is -0.456 e. The lowest BCUT2D eigenvalue weighted by Crippen LogP contribution is -2.30. The van der Waals surface area contributed by atoms with Gasteiger partial charge in [0.1, 0.15) is 22.4 Å². The highest BCUT2D eigenvalue weighted by Crippen LogP contribution is 2.50. The standard InChI is InChI=1S/C44H29NO2/c1-2-10-28(11-3-1)29-20-24-31(25-21-29)45(38-17-9-15-35-33-12-4-6-18-39(33)47-44(35)38)37-16-8-14-34-32(37)26-22-30-23-27-41-43(42(30)34)36-13-5-7-19-40(36)46-41/h1-14,16,18-27,32,34H,15H2. The van der Waals surface area contributed by atoms with E-state index in [1.165, 1.54) is 38.9 Å². The summed E-state index contributed by atoms with van der Waals surface area (Å²) in [5.74, 6) is 1.11. The zero-order valence-electron chi connectivity index (χ0n) is 25.6. The molecule has 3 nitrogen and oxygen atoms in total. The number of allylic oxidation sites excluding steroid dienone is 5. The van der Waals surface area contributed by atoms with E-state index in [-0.39, 0.29) is 11.8 Å². The number of anilines is 1. The molecule has 0 saturated heterocycles. The van der Waals surface area contributed by atoms with Crippen LogP contribution in [0.2, 0.25) is 0 Å². The van der Waals surface area contributed by atoms with Gasteiger partial charge in [-0.3, -0.25) is 0 Å². The molecule has 0 amide bonds. The van der Waals surface area contributed by atoms with Crippen molar-refractivity contribution < 1.29 is 8.83 Å². The van der Waals surface area contributed by atoms with E-state index in [1.807, 2.05) is 12.1 Å². The van der Waals surface area contributed by atoms with Gasteiger partial charge in [-0.15, -0.1) is 0 Å². The van der Waals surface area contributed by atoms with Crippen LogP contribution in [0.1, 0.15) is 28.4 Å². The second kappa shape index (κ2) is 10.3. The monoisotopic (exact) mass is 603 g/mol. The SMILES string of the molecule is C1=CCc2c(oc3ccccc23)C=1N(C1=CC=CC2c3c(ccc4oc5ccccc5c34)C=CC12)c1ccc(-c2ccccc2)cc1. The lowest BCUT2D eigenvalue weighted by molar-refractivity contribution is 0.587. The molecular weight excluding hydrogens is 574 g/mol. The number of furan rings is 2. The summed E-state index contributed by atoms with van der Waals surface area (Å²) in [4.78, 5) is 2.37. The molecule has 3 aliphatic rings. The molecule has 10 rings (SSSR count). The fourth-order valence-corrected chi connectivity index (χ4v) is 7.79. The van der Waals surface area contributed by atoms with E-state index in [9.17, 15) is 0 Å². The number of hydrogen-bond donors (Lipinski definition) is 0. The molecule has 0 aliphatic heterocycles. The van der Waals surface area contributed by atoms with Crippen molar-refractivity contribution in [2.75, 3.05) is 4.90 Å². The second-order valence-corrected chi connectivity index (χ2v) is 12.5. The largest absolute Gasteiger partial charge is 0.456 e. The molecular formula is C44H29NO2. The molecule has 3 heteroatoms. The molecule has 222 valence electrons. The molecule has 2 aromatic heterocycles. The lowest BCUT2D eigenvalue weighted by atomic mass is 9.73. The third kappa shape index (κ3) is 4.01. The maximum absolute atomic E-state index is 6.64. The van der Waals surface area contributed by atoms with Gasteiger partial charge in [0.15, 0.2) is 5.76 Å². The molecule has 2 unspecified atom stereocenters. The first-order valence-electron chi connectivity index (χ1n) is 16.2. The number of nitrogens with zero attached hydrogens (tertiary/aromatic N) is 1. The van der Waals surface area contributed by atoms with Crippen molar-refractivity contribution in [3.05, 3.63) is 180 Å². The number of hydrogen-bond acceptors (Lipinski definition) is 3. The summed E-state index contributed by atoms with van der Waals surface area (Å²) in [5.41, 5.74) is 15.8. The Morgan fingerprint density at radius 3 is 2.23 bits per heavy atom. The Morgan fingerprint density at radius 1 is 0.638 bits per heavy atom. The summed E-state index contributed by atoms with van der Waals surface area (Å²) >= 11 is 0. The first kappa shape index (κ1) is 26.2. The number of benzene rings is 5.